The fourth-order valence-electron chi connectivity index (χ4n) is 3.70. The van der Waals surface area contributed by atoms with Crippen molar-refractivity contribution < 1.29 is 4.74 Å². The molecule has 3 rings (SSSR count). The highest BCUT2D eigenvalue weighted by molar-refractivity contribution is 6.30. The van der Waals surface area contributed by atoms with E-state index in [4.69, 9.17) is 16.3 Å². The Hall–Kier alpha value is -0.730. The first-order valence-corrected chi connectivity index (χ1v) is 8.78. The fourth-order valence-corrected chi connectivity index (χ4v) is 3.89. The van der Waals surface area contributed by atoms with Crippen molar-refractivity contribution in [2.24, 2.45) is 5.92 Å². The molecule has 1 heterocycles. The summed E-state index contributed by atoms with van der Waals surface area (Å²) in [5.41, 5.74) is 1.25. The first-order chi connectivity index (χ1) is 10.2. The van der Waals surface area contributed by atoms with E-state index in [1.807, 2.05) is 18.2 Å². The van der Waals surface area contributed by atoms with Crippen LogP contribution in [0.2, 0.25) is 5.02 Å². The van der Waals surface area contributed by atoms with E-state index in [0.29, 0.717) is 6.04 Å². The molecule has 1 aromatic carbocycles. The molecule has 0 aromatic heterocycles. The second-order valence-corrected chi connectivity index (χ2v) is 7.08. The van der Waals surface area contributed by atoms with Crippen LogP contribution in [0.15, 0.2) is 18.2 Å². The quantitative estimate of drug-likeness (QED) is 0.821. The minimum Gasteiger partial charge on any atom is -0.488 e. The van der Waals surface area contributed by atoms with Crippen molar-refractivity contribution in [1.82, 2.24) is 5.32 Å². The van der Waals surface area contributed by atoms with Crippen LogP contribution in [0.4, 0.5) is 0 Å². The molecule has 0 radical (unpaired) electrons. The molecule has 1 aliphatic carbocycles. The predicted molar refractivity (Wildman–Crippen MR) is 88.2 cm³/mol. The third-order valence-corrected chi connectivity index (χ3v) is 5.27. The van der Waals surface area contributed by atoms with Gasteiger partial charge in [0, 0.05) is 24.0 Å². The molecule has 0 saturated heterocycles. The second kappa shape index (κ2) is 7.02. The van der Waals surface area contributed by atoms with Gasteiger partial charge in [-0.05, 0) is 49.4 Å². The van der Waals surface area contributed by atoms with Crippen molar-refractivity contribution in [3.63, 3.8) is 0 Å². The molecule has 2 nitrogen and oxygen atoms in total. The molecule has 1 fully saturated rings. The molecule has 21 heavy (non-hydrogen) atoms. The minimum atomic E-state index is 0.256. The van der Waals surface area contributed by atoms with Crippen molar-refractivity contribution in [2.45, 2.75) is 64.0 Å². The van der Waals surface area contributed by atoms with Crippen LogP contribution in [-0.2, 0) is 6.42 Å². The molecule has 1 aliphatic heterocycles. The molecular weight excluding hydrogens is 282 g/mol. The van der Waals surface area contributed by atoms with Gasteiger partial charge in [-0.25, -0.2) is 0 Å². The standard InChI is InChI=1S/C18H26ClNO/c1-13(14-6-4-2-3-5-7-14)20-12-17-11-15-10-16(19)8-9-18(15)21-17/h8-10,13-14,17,20H,2-7,11-12H2,1H3/t13-,17?/m0/s1. The number of rotatable bonds is 4. The predicted octanol–water partition coefficient (Wildman–Crippen LogP) is 4.59. The van der Waals surface area contributed by atoms with Crippen LogP contribution in [0.25, 0.3) is 0 Å². The van der Waals surface area contributed by atoms with Crippen LogP contribution in [0.3, 0.4) is 0 Å². The lowest BCUT2D eigenvalue weighted by atomic mass is 9.93. The van der Waals surface area contributed by atoms with E-state index in [1.54, 1.807) is 0 Å². The maximum atomic E-state index is 6.04. The summed E-state index contributed by atoms with van der Waals surface area (Å²) in [5, 5.41) is 4.52. The first kappa shape index (κ1) is 15.2. The highest BCUT2D eigenvalue weighted by Gasteiger charge is 2.25. The van der Waals surface area contributed by atoms with Gasteiger partial charge in [-0.3, -0.25) is 0 Å². The lowest BCUT2D eigenvalue weighted by Crippen LogP contribution is -2.39. The fraction of sp³-hybridized carbons (Fsp3) is 0.667. The second-order valence-electron chi connectivity index (χ2n) is 6.64. The SMILES string of the molecule is C[C@H](NCC1Cc2cc(Cl)ccc2O1)C1CCCCCC1. The normalized spacial score (nSPS) is 24.2. The summed E-state index contributed by atoms with van der Waals surface area (Å²) >= 11 is 6.04. The van der Waals surface area contributed by atoms with E-state index >= 15 is 0 Å². The number of nitrogens with one attached hydrogen (secondary N) is 1. The van der Waals surface area contributed by atoms with Crippen molar-refractivity contribution in [3.8, 4) is 5.75 Å². The number of fused-ring (bicyclic) bond motifs is 1. The molecule has 1 aromatic rings. The van der Waals surface area contributed by atoms with Crippen LogP contribution < -0.4 is 10.1 Å². The summed E-state index contributed by atoms with van der Waals surface area (Å²) < 4.78 is 6.00. The van der Waals surface area contributed by atoms with E-state index in [-0.39, 0.29) is 6.10 Å². The first-order valence-electron chi connectivity index (χ1n) is 8.41. The average Bonchev–Trinajstić information content (AvgIpc) is 2.69. The maximum absolute atomic E-state index is 6.04. The highest BCUT2D eigenvalue weighted by atomic mass is 35.5. The summed E-state index contributed by atoms with van der Waals surface area (Å²) in [7, 11) is 0. The Kier molecular flexibility index (Phi) is 5.07. The molecule has 2 aliphatic rings. The van der Waals surface area contributed by atoms with Gasteiger partial charge < -0.3 is 10.1 Å². The topological polar surface area (TPSA) is 21.3 Å². The zero-order valence-corrected chi connectivity index (χ0v) is 13.7. The van der Waals surface area contributed by atoms with Gasteiger partial charge in [0.05, 0.1) is 0 Å². The number of hydrogen-bond donors (Lipinski definition) is 1. The van der Waals surface area contributed by atoms with Crippen molar-refractivity contribution in [2.75, 3.05) is 6.54 Å². The van der Waals surface area contributed by atoms with E-state index in [0.717, 1.165) is 29.7 Å². The van der Waals surface area contributed by atoms with Gasteiger partial charge in [-0.15, -0.1) is 0 Å². The van der Waals surface area contributed by atoms with Gasteiger partial charge in [0.25, 0.3) is 0 Å². The third kappa shape index (κ3) is 3.92. The summed E-state index contributed by atoms with van der Waals surface area (Å²) in [6.07, 6.45) is 9.65. The van der Waals surface area contributed by atoms with Gasteiger partial charge in [0.2, 0.25) is 0 Å². The molecular formula is C18H26ClNO. The Morgan fingerprint density at radius 2 is 2.00 bits per heavy atom. The largest absolute Gasteiger partial charge is 0.488 e. The Morgan fingerprint density at radius 1 is 1.24 bits per heavy atom. The monoisotopic (exact) mass is 307 g/mol. The molecule has 3 heteroatoms. The third-order valence-electron chi connectivity index (χ3n) is 5.04. The van der Waals surface area contributed by atoms with Gasteiger partial charge >= 0.3 is 0 Å². The van der Waals surface area contributed by atoms with E-state index in [1.165, 1.54) is 44.1 Å². The Bertz CT molecular complexity index is 468. The summed E-state index contributed by atoms with van der Waals surface area (Å²) in [5.74, 6) is 1.85. The van der Waals surface area contributed by atoms with Crippen molar-refractivity contribution >= 4 is 11.6 Å². The van der Waals surface area contributed by atoms with Gasteiger partial charge in [-0.1, -0.05) is 37.3 Å². The number of hydrogen-bond acceptors (Lipinski definition) is 2. The molecule has 1 saturated carbocycles. The lowest BCUT2D eigenvalue weighted by molar-refractivity contribution is 0.211. The van der Waals surface area contributed by atoms with E-state index < -0.39 is 0 Å². The highest BCUT2D eigenvalue weighted by Crippen LogP contribution is 2.31. The molecule has 0 bridgehead atoms. The van der Waals surface area contributed by atoms with Gasteiger partial charge in [0.1, 0.15) is 11.9 Å². The van der Waals surface area contributed by atoms with Crippen LogP contribution >= 0.6 is 11.6 Å². The number of halogens is 1. The van der Waals surface area contributed by atoms with Gasteiger partial charge in [-0.2, -0.15) is 0 Å². The minimum absolute atomic E-state index is 0.256. The number of ether oxygens (including phenoxy) is 1. The zero-order chi connectivity index (χ0) is 14.7. The zero-order valence-electron chi connectivity index (χ0n) is 12.9. The smallest absolute Gasteiger partial charge is 0.123 e. The Balaban J connectivity index is 1.48. The van der Waals surface area contributed by atoms with E-state index in [2.05, 4.69) is 12.2 Å². The molecule has 2 atom stereocenters. The lowest BCUT2D eigenvalue weighted by Gasteiger charge is -2.25. The van der Waals surface area contributed by atoms with Crippen LogP contribution in [-0.4, -0.2) is 18.7 Å². The van der Waals surface area contributed by atoms with Crippen LogP contribution in [0.5, 0.6) is 5.75 Å². The van der Waals surface area contributed by atoms with Crippen molar-refractivity contribution in [3.05, 3.63) is 28.8 Å². The van der Waals surface area contributed by atoms with Crippen LogP contribution in [0.1, 0.15) is 51.0 Å². The average molecular weight is 308 g/mol. The number of benzene rings is 1. The van der Waals surface area contributed by atoms with Gasteiger partial charge in [0.15, 0.2) is 0 Å². The van der Waals surface area contributed by atoms with Crippen LogP contribution in [0, 0.1) is 5.92 Å². The Morgan fingerprint density at radius 3 is 2.76 bits per heavy atom. The summed E-state index contributed by atoms with van der Waals surface area (Å²) in [6.45, 7) is 3.28. The molecule has 0 spiro atoms. The molecule has 116 valence electrons. The maximum Gasteiger partial charge on any atom is 0.123 e. The summed E-state index contributed by atoms with van der Waals surface area (Å²) in [6, 6.07) is 6.53. The van der Waals surface area contributed by atoms with E-state index in [9.17, 15) is 0 Å². The summed E-state index contributed by atoms with van der Waals surface area (Å²) in [4.78, 5) is 0. The molecule has 1 unspecified atom stereocenters. The molecule has 1 N–H and O–H groups in total. The Labute approximate surface area is 133 Å². The van der Waals surface area contributed by atoms with Crippen molar-refractivity contribution in [1.29, 1.82) is 0 Å². The molecule has 0 amide bonds.